The smallest absolute Gasteiger partial charge is 0.255 e. The van der Waals surface area contributed by atoms with E-state index in [1.165, 1.54) is 11.3 Å². The fourth-order valence-corrected chi connectivity index (χ4v) is 3.39. The summed E-state index contributed by atoms with van der Waals surface area (Å²) in [4.78, 5) is 17.0. The maximum Gasteiger partial charge on any atom is 0.255 e. The molecule has 28 heavy (non-hydrogen) atoms. The summed E-state index contributed by atoms with van der Waals surface area (Å²) >= 11 is 1.53. The van der Waals surface area contributed by atoms with Crippen molar-refractivity contribution < 1.29 is 9.53 Å². The van der Waals surface area contributed by atoms with E-state index in [2.05, 4.69) is 10.3 Å². The lowest BCUT2D eigenvalue weighted by atomic mass is 10.0. The van der Waals surface area contributed by atoms with Crippen LogP contribution in [0.4, 0.5) is 5.69 Å². The molecule has 1 heterocycles. The normalized spacial score (nSPS) is 10.4. The van der Waals surface area contributed by atoms with Crippen LogP contribution >= 0.6 is 11.3 Å². The molecule has 1 amide bonds. The average Bonchev–Trinajstić information content (AvgIpc) is 3.27. The van der Waals surface area contributed by atoms with Crippen LogP contribution in [0.25, 0.3) is 11.1 Å². The molecule has 1 N–H and O–H groups in total. The van der Waals surface area contributed by atoms with Gasteiger partial charge in [-0.05, 0) is 29.8 Å². The first kappa shape index (κ1) is 17.9. The predicted octanol–water partition coefficient (Wildman–Crippen LogP) is 5.64. The maximum atomic E-state index is 12.8. The second-order valence-corrected chi connectivity index (χ2v) is 6.88. The van der Waals surface area contributed by atoms with E-state index in [9.17, 15) is 4.79 Å². The molecule has 0 unspecified atom stereocenters. The van der Waals surface area contributed by atoms with Crippen molar-refractivity contribution in [1.29, 1.82) is 0 Å². The van der Waals surface area contributed by atoms with E-state index in [-0.39, 0.29) is 5.91 Å². The van der Waals surface area contributed by atoms with Crippen molar-refractivity contribution in [2.75, 3.05) is 5.32 Å². The molecule has 0 aliphatic heterocycles. The highest BCUT2D eigenvalue weighted by atomic mass is 32.1. The van der Waals surface area contributed by atoms with Gasteiger partial charge in [0.05, 0.1) is 11.2 Å². The Morgan fingerprint density at radius 3 is 2.61 bits per heavy atom. The second kappa shape index (κ2) is 8.50. The standard InChI is InChI=1S/C23H18N2O2S/c26-23(18-9-6-10-20(13-18)27-14-19-15-28-16-24-19)25-22-12-5-4-11-21(22)17-7-2-1-3-8-17/h1-13,15-16H,14H2,(H,25,26). The zero-order valence-corrected chi connectivity index (χ0v) is 15.9. The topological polar surface area (TPSA) is 51.2 Å². The van der Waals surface area contributed by atoms with Crippen LogP contribution in [0.1, 0.15) is 16.1 Å². The molecule has 0 fully saturated rings. The molecule has 4 rings (SSSR count). The number of para-hydroxylation sites is 1. The molecule has 0 saturated heterocycles. The zero-order valence-electron chi connectivity index (χ0n) is 15.0. The first-order chi connectivity index (χ1) is 13.8. The summed E-state index contributed by atoms with van der Waals surface area (Å²) < 4.78 is 5.75. The molecule has 4 nitrogen and oxygen atoms in total. The monoisotopic (exact) mass is 386 g/mol. The molecule has 0 aliphatic carbocycles. The van der Waals surface area contributed by atoms with Crippen molar-refractivity contribution in [1.82, 2.24) is 4.98 Å². The molecule has 0 atom stereocenters. The Labute approximate surface area is 167 Å². The van der Waals surface area contributed by atoms with E-state index in [0.717, 1.165) is 22.5 Å². The van der Waals surface area contributed by atoms with Crippen molar-refractivity contribution in [3.63, 3.8) is 0 Å². The summed E-state index contributed by atoms with van der Waals surface area (Å²) in [6.07, 6.45) is 0. The number of benzene rings is 3. The van der Waals surface area contributed by atoms with Gasteiger partial charge in [0.1, 0.15) is 12.4 Å². The van der Waals surface area contributed by atoms with Crippen LogP contribution in [0, 0.1) is 0 Å². The van der Waals surface area contributed by atoms with Gasteiger partial charge in [0.2, 0.25) is 0 Å². The number of carbonyl (C=O) groups excluding carboxylic acids is 1. The molecule has 0 radical (unpaired) electrons. The number of nitrogens with zero attached hydrogens (tertiary/aromatic N) is 1. The molecule has 4 aromatic rings. The van der Waals surface area contributed by atoms with Crippen LogP contribution in [0.2, 0.25) is 0 Å². The first-order valence-electron chi connectivity index (χ1n) is 8.85. The van der Waals surface area contributed by atoms with Crippen LogP contribution < -0.4 is 10.1 Å². The Morgan fingerprint density at radius 1 is 0.964 bits per heavy atom. The second-order valence-electron chi connectivity index (χ2n) is 6.16. The molecule has 0 aliphatic rings. The number of hydrogen-bond acceptors (Lipinski definition) is 4. The minimum absolute atomic E-state index is 0.178. The van der Waals surface area contributed by atoms with Gasteiger partial charge in [-0.25, -0.2) is 4.98 Å². The quantitative estimate of drug-likeness (QED) is 0.466. The van der Waals surface area contributed by atoms with Gasteiger partial charge in [0.15, 0.2) is 0 Å². The number of amides is 1. The van der Waals surface area contributed by atoms with Crippen LogP contribution in [-0.4, -0.2) is 10.9 Å². The van der Waals surface area contributed by atoms with Crippen LogP contribution in [0.5, 0.6) is 5.75 Å². The van der Waals surface area contributed by atoms with Gasteiger partial charge in [0.25, 0.3) is 5.91 Å². The van der Waals surface area contributed by atoms with E-state index in [4.69, 9.17) is 4.74 Å². The van der Waals surface area contributed by atoms with E-state index >= 15 is 0 Å². The van der Waals surface area contributed by atoms with Crippen molar-refractivity contribution in [3.8, 4) is 16.9 Å². The lowest BCUT2D eigenvalue weighted by molar-refractivity contribution is 0.102. The SMILES string of the molecule is O=C(Nc1ccccc1-c1ccccc1)c1cccc(OCc2cscn2)c1. The number of thiazole rings is 1. The number of anilines is 1. The lowest BCUT2D eigenvalue weighted by Crippen LogP contribution is -2.12. The van der Waals surface area contributed by atoms with Gasteiger partial charge >= 0.3 is 0 Å². The Balaban J connectivity index is 1.51. The van der Waals surface area contributed by atoms with Crippen LogP contribution in [-0.2, 0) is 6.61 Å². The average molecular weight is 386 g/mol. The van der Waals surface area contributed by atoms with Crippen molar-refractivity contribution in [3.05, 3.63) is 101 Å². The number of hydrogen-bond donors (Lipinski definition) is 1. The molecule has 3 aromatic carbocycles. The summed E-state index contributed by atoms with van der Waals surface area (Å²) in [7, 11) is 0. The third-order valence-corrected chi connectivity index (χ3v) is 4.86. The Kier molecular flexibility index (Phi) is 5.45. The Hall–Kier alpha value is -3.44. The maximum absolute atomic E-state index is 12.8. The van der Waals surface area contributed by atoms with Gasteiger partial charge in [-0.1, -0.05) is 54.6 Å². The molecule has 0 saturated carbocycles. The molecule has 5 heteroatoms. The van der Waals surface area contributed by atoms with E-state index in [0.29, 0.717) is 17.9 Å². The summed E-state index contributed by atoms with van der Waals surface area (Å²) in [5, 5.41) is 4.96. The third kappa shape index (κ3) is 4.27. The number of carbonyl (C=O) groups is 1. The number of ether oxygens (including phenoxy) is 1. The fourth-order valence-electron chi connectivity index (χ4n) is 2.85. The van der Waals surface area contributed by atoms with Gasteiger partial charge in [-0.3, -0.25) is 4.79 Å². The van der Waals surface area contributed by atoms with E-state index < -0.39 is 0 Å². The van der Waals surface area contributed by atoms with E-state index in [1.54, 1.807) is 17.6 Å². The summed E-state index contributed by atoms with van der Waals surface area (Å²) in [6.45, 7) is 0.380. The Morgan fingerprint density at radius 2 is 1.79 bits per heavy atom. The highest BCUT2D eigenvalue weighted by Gasteiger charge is 2.11. The van der Waals surface area contributed by atoms with Gasteiger partial charge < -0.3 is 10.1 Å². The van der Waals surface area contributed by atoms with Crippen molar-refractivity contribution in [2.45, 2.75) is 6.61 Å². The van der Waals surface area contributed by atoms with Crippen molar-refractivity contribution >= 4 is 22.9 Å². The molecular formula is C23H18N2O2S. The molecule has 138 valence electrons. The molecule has 0 bridgehead atoms. The Bertz CT molecular complexity index is 1060. The minimum atomic E-state index is -0.178. The number of nitrogens with one attached hydrogen (secondary N) is 1. The highest BCUT2D eigenvalue weighted by Crippen LogP contribution is 2.28. The first-order valence-corrected chi connectivity index (χ1v) is 9.79. The number of rotatable bonds is 6. The zero-order chi connectivity index (χ0) is 19.2. The largest absolute Gasteiger partial charge is 0.487 e. The van der Waals surface area contributed by atoms with Gasteiger partial charge in [0, 0.05) is 22.2 Å². The summed E-state index contributed by atoms with van der Waals surface area (Å²) in [5.74, 6) is 0.458. The van der Waals surface area contributed by atoms with E-state index in [1.807, 2.05) is 72.1 Å². The highest BCUT2D eigenvalue weighted by molar-refractivity contribution is 7.07. The van der Waals surface area contributed by atoms with Crippen molar-refractivity contribution in [2.24, 2.45) is 0 Å². The molecule has 1 aromatic heterocycles. The van der Waals surface area contributed by atoms with Gasteiger partial charge in [-0.2, -0.15) is 0 Å². The minimum Gasteiger partial charge on any atom is -0.487 e. The number of aromatic nitrogens is 1. The summed E-state index contributed by atoms with van der Waals surface area (Å²) in [6, 6.07) is 24.9. The van der Waals surface area contributed by atoms with Crippen LogP contribution in [0.3, 0.4) is 0 Å². The fraction of sp³-hybridized carbons (Fsp3) is 0.0435. The van der Waals surface area contributed by atoms with Gasteiger partial charge in [-0.15, -0.1) is 11.3 Å². The molecule has 0 spiro atoms. The third-order valence-electron chi connectivity index (χ3n) is 4.23. The summed E-state index contributed by atoms with van der Waals surface area (Å²) in [5.41, 5.74) is 5.99. The predicted molar refractivity (Wildman–Crippen MR) is 113 cm³/mol. The molecular weight excluding hydrogens is 368 g/mol. The lowest BCUT2D eigenvalue weighted by Gasteiger charge is -2.12. The van der Waals surface area contributed by atoms with Crippen LogP contribution in [0.15, 0.2) is 89.8 Å².